The third-order valence-electron chi connectivity index (χ3n) is 4.57. The van der Waals surface area contributed by atoms with Crippen molar-refractivity contribution in [2.75, 3.05) is 4.90 Å². The van der Waals surface area contributed by atoms with Gasteiger partial charge < -0.3 is 14.1 Å². The molecule has 1 aliphatic heterocycles. The number of fused-ring (bicyclic) bond motifs is 1. The molecule has 136 valence electrons. The van der Waals surface area contributed by atoms with E-state index in [0.717, 1.165) is 5.56 Å². The highest BCUT2D eigenvalue weighted by Gasteiger charge is 2.41. The van der Waals surface area contributed by atoms with Crippen molar-refractivity contribution in [2.24, 2.45) is 0 Å². The average molecular weight is 361 g/mol. The van der Waals surface area contributed by atoms with Crippen molar-refractivity contribution in [3.05, 3.63) is 83.8 Å². The maximum absolute atomic E-state index is 13.0. The summed E-state index contributed by atoms with van der Waals surface area (Å²) >= 11 is 0. The van der Waals surface area contributed by atoms with Gasteiger partial charge in [-0.15, -0.1) is 0 Å². The zero-order valence-corrected chi connectivity index (χ0v) is 15.1. The monoisotopic (exact) mass is 361 g/mol. The third kappa shape index (κ3) is 3.12. The Kier molecular flexibility index (Phi) is 4.07. The van der Waals surface area contributed by atoms with Gasteiger partial charge in [0.25, 0.3) is 5.91 Å². The predicted molar refractivity (Wildman–Crippen MR) is 101 cm³/mol. The second-order valence-corrected chi connectivity index (χ2v) is 6.98. The summed E-state index contributed by atoms with van der Waals surface area (Å²) in [6.07, 6.45) is 1.46. The number of ether oxygens (including phenoxy) is 1. The van der Waals surface area contributed by atoms with Crippen LogP contribution in [-0.2, 0) is 11.3 Å². The largest absolute Gasteiger partial charge is 0.476 e. The summed E-state index contributed by atoms with van der Waals surface area (Å²) in [5.41, 5.74) is 1.05. The second kappa shape index (κ2) is 6.43. The van der Waals surface area contributed by atoms with Crippen LogP contribution in [0.3, 0.4) is 0 Å². The van der Waals surface area contributed by atoms with Crippen molar-refractivity contribution in [3.8, 4) is 5.75 Å². The number of furan rings is 1. The Morgan fingerprint density at radius 2 is 1.81 bits per heavy atom. The molecule has 0 saturated carbocycles. The molecule has 0 unspecified atom stereocenters. The van der Waals surface area contributed by atoms with E-state index in [9.17, 15) is 9.59 Å². The quantitative estimate of drug-likeness (QED) is 0.653. The number of hydrogen-bond donors (Lipinski definition) is 0. The minimum Gasteiger partial charge on any atom is -0.476 e. The fourth-order valence-electron chi connectivity index (χ4n) is 3.18. The molecule has 5 nitrogen and oxygen atoms in total. The first-order valence-electron chi connectivity index (χ1n) is 8.73. The number of carbonyl (C=O) groups excluding carboxylic acids is 2. The molecule has 0 atom stereocenters. The number of nitrogens with zero attached hydrogens (tertiary/aromatic N) is 1. The standard InChI is InChI=1S/C22H19NO4/c1-22(2)21(25)23(14-15-7-4-3-5-8-15)17-13-16(10-11-18(17)27-22)20(24)19-9-6-12-26-19/h3-13H,14H2,1-2H3. The molecule has 1 aromatic heterocycles. The van der Waals surface area contributed by atoms with Crippen molar-refractivity contribution in [1.82, 2.24) is 0 Å². The van der Waals surface area contributed by atoms with Crippen LogP contribution >= 0.6 is 0 Å². The van der Waals surface area contributed by atoms with Gasteiger partial charge in [0.2, 0.25) is 5.78 Å². The molecule has 27 heavy (non-hydrogen) atoms. The van der Waals surface area contributed by atoms with Gasteiger partial charge in [-0.3, -0.25) is 9.59 Å². The van der Waals surface area contributed by atoms with Crippen LogP contribution in [-0.4, -0.2) is 17.3 Å². The molecule has 0 saturated heterocycles. The molecule has 1 amide bonds. The lowest BCUT2D eigenvalue weighted by molar-refractivity contribution is -0.132. The molecule has 1 aliphatic rings. The number of carbonyl (C=O) groups is 2. The minimum absolute atomic E-state index is 0.151. The van der Waals surface area contributed by atoms with E-state index in [1.54, 1.807) is 49.1 Å². The Morgan fingerprint density at radius 3 is 2.52 bits per heavy atom. The lowest BCUT2D eigenvalue weighted by Crippen LogP contribution is -2.52. The van der Waals surface area contributed by atoms with Crippen molar-refractivity contribution >= 4 is 17.4 Å². The first kappa shape index (κ1) is 17.1. The molecule has 0 aliphatic carbocycles. The molecule has 0 fully saturated rings. The first-order valence-corrected chi connectivity index (χ1v) is 8.73. The fourth-order valence-corrected chi connectivity index (χ4v) is 3.18. The highest BCUT2D eigenvalue weighted by molar-refractivity contribution is 6.09. The number of amides is 1. The van der Waals surface area contributed by atoms with Crippen molar-refractivity contribution in [2.45, 2.75) is 26.0 Å². The predicted octanol–water partition coefficient (Wildman–Crippen LogP) is 4.21. The van der Waals surface area contributed by atoms with Crippen LogP contribution in [0.15, 0.2) is 71.3 Å². The molecule has 0 bridgehead atoms. The van der Waals surface area contributed by atoms with Crippen LogP contribution < -0.4 is 9.64 Å². The third-order valence-corrected chi connectivity index (χ3v) is 4.57. The Morgan fingerprint density at radius 1 is 1.04 bits per heavy atom. The molecule has 2 aromatic carbocycles. The van der Waals surface area contributed by atoms with Gasteiger partial charge in [-0.05, 0) is 49.7 Å². The summed E-state index contributed by atoms with van der Waals surface area (Å²) in [4.78, 5) is 27.3. The highest BCUT2D eigenvalue weighted by atomic mass is 16.5. The van der Waals surface area contributed by atoms with Crippen LogP contribution in [0.5, 0.6) is 5.75 Å². The second-order valence-electron chi connectivity index (χ2n) is 6.98. The summed E-state index contributed by atoms with van der Waals surface area (Å²) in [6, 6.07) is 18.1. The molecule has 0 radical (unpaired) electrons. The van der Waals surface area contributed by atoms with Crippen LogP contribution in [0.1, 0.15) is 35.5 Å². The summed E-state index contributed by atoms with van der Waals surface area (Å²) < 4.78 is 11.1. The number of ketones is 1. The van der Waals surface area contributed by atoms with Crippen molar-refractivity contribution in [3.63, 3.8) is 0 Å². The van der Waals surface area contributed by atoms with Gasteiger partial charge in [-0.25, -0.2) is 0 Å². The van der Waals surface area contributed by atoms with Gasteiger partial charge in [0, 0.05) is 5.56 Å². The Bertz CT molecular complexity index is 990. The van der Waals surface area contributed by atoms with Gasteiger partial charge in [0.15, 0.2) is 11.4 Å². The van der Waals surface area contributed by atoms with E-state index >= 15 is 0 Å². The van der Waals surface area contributed by atoms with Gasteiger partial charge in [0.05, 0.1) is 18.5 Å². The molecule has 0 N–H and O–H groups in total. The Balaban J connectivity index is 1.76. The number of rotatable bonds is 4. The molecular weight excluding hydrogens is 342 g/mol. The number of anilines is 1. The highest BCUT2D eigenvalue weighted by Crippen LogP contribution is 2.39. The molecule has 5 heteroatoms. The van der Waals surface area contributed by atoms with E-state index in [2.05, 4.69) is 0 Å². The van der Waals surface area contributed by atoms with Gasteiger partial charge >= 0.3 is 0 Å². The van der Waals surface area contributed by atoms with E-state index in [0.29, 0.717) is 23.5 Å². The topological polar surface area (TPSA) is 59.8 Å². The Labute approximate surface area is 157 Å². The SMILES string of the molecule is CC1(C)Oc2ccc(C(=O)c3ccco3)cc2N(Cc2ccccc2)C1=O. The maximum Gasteiger partial charge on any atom is 0.271 e. The van der Waals surface area contributed by atoms with Crippen molar-refractivity contribution in [1.29, 1.82) is 0 Å². The minimum atomic E-state index is -0.978. The molecular formula is C22H19NO4. The van der Waals surface area contributed by atoms with Crippen LogP contribution in [0, 0.1) is 0 Å². The van der Waals surface area contributed by atoms with Crippen LogP contribution in [0.2, 0.25) is 0 Å². The van der Waals surface area contributed by atoms with Gasteiger partial charge in [-0.2, -0.15) is 0 Å². The normalized spacial score (nSPS) is 15.2. The first-order chi connectivity index (χ1) is 13.0. The van der Waals surface area contributed by atoms with E-state index < -0.39 is 5.60 Å². The van der Waals surface area contributed by atoms with Gasteiger partial charge in [-0.1, -0.05) is 30.3 Å². The zero-order chi connectivity index (χ0) is 19.0. The van der Waals surface area contributed by atoms with E-state index in [1.165, 1.54) is 6.26 Å². The fraction of sp³-hybridized carbons (Fsp3) is 0.182. The molecule has 2 heterocycles. The number of benzene rings is 2. The summed E-state index contributed by atoms with van der Waals surface area (Å²) in [6.45, 7) is 3.90. The smallest absolute Gasteiger partial charge is 0.271 e. The van der Waals surface area contributed by atoms with E-state index in [4.69, 9.17) is 9.15 Å². The lowest BCUT2D eigenvalue weighted by atomic mass is 10.0. The summed E-state index contributed by atoms with van der Waals surface area (Å²) in [7, 11) is 0. The molecule has 0 spiro atoms. The van der Waals surface area contributed by atoms with E-state index in [1.807, 2.05) is 30.3 Å². The lowest BCUT2D eigenvalue weighted by Gasteiger charge is -2.39. The van der Waals surface area contributed by atoms with Crippen molar-refractivity contribution < 1.29 is 18.7 Å². The molecule has 4 rings (SSSR count). The maximum atomic E-state index is 13.0. The van der Waals surface area contributed by atoms with Gasteiger partial charge in [0.1, 0.15) is 5.75 Å². The van der Waals surface area contributed by atoms with Crippen LogP contribution in [0.25, 0.3) is 0 Å². The molecule has 3 aromatic rings. The number of hydrogen-bond acceptors (Lipinski definition) is 4. The summed E-state index contributed by atoms with van der Waals surface area (Å²) in [5.74, 6) is 0.445. The average Bonchev–Trinajstić information content (AvgIpc) is 3.20. The summed E-state index contributed by atoms with van der Waals surface area (Å²) in [5, 5.41) is 0. The van der Waals surface area contributed by atoms with Crippen LogP contribution in [0.4, 0.5) is 5.69 Å². The Hall–Kier alpha value is -3.34. The zero-order valence-electron chi connectivity index (χ0n) is 15.1. The van der Waals surface area contributed by atoms with E-state index in [-0.39, 0.29) is 17.5 Å².